The lowest BCUT2D eigenvalue weighted by Crippen LogP contribution is -2.35. The Balaban J connectivity index is 2.45. The van der Waals surface area contributed by atoms with E-state index in [2.05, 4.69) is 32.2 Å². The predicted molar refractivity (Wildman–Crippen MR) is 82.1 cm³/mol. The Morgan fingerprint density at radius 1 is 1.16 bits per heavy atom. The fraction of sp³-hybridized carbons (Fsp3) is 0.824. The van der Waals surface area contributed by atoms with Crippen molar-refractivity contribution in [1.29, 1.82) is 0 Å². The van der Waals surface area contributed by atoms with Gasteiger partial charge in [-0.15, -0.1) is 0 Å². The SMILES string of the molecule is CCCC(C)(/C=C/C(=O)NC1CCCCC1)CCC. The highest BCUT2D eigenvalue weighted by Crippen LogP contribution is 2.30. The third-order valence-corrected chi connectivity index (χ3v) is 4.23. The maximum Gasteiger partial charge on any atom is 0.243 e. The molecule has 1 fully saturated rings. The van der Waals surface area contributed by atoms with Crippen LogP contribution in [0.25, 0.3) is 0 Å². The highest BCUT2D eigenvalue weighted by atomic mass is 16.1. The second kappa shape index (κ2) is 8.39. The average Bonchev–Trinajstić information content (AvgIpc) is 2.38. The normalized spacial score (nSPS) is 17.8. The summed E-state index contributed by atoms with van der Waals surface area (Å²) < 4.78 is 0. The molecular weight excluding hydrogens is 234 g/mol. The van der Waals surface area contributed by atoms with Crippen molar-refractivity contribution in [3.05, 3.63) is 12.2 Å². The zero-order valence-corrected chi connectivity index (χ0v) is 13.0. The molecule has 1 aliphatic rings. The minimum absolute atomic E-state index is 0.102. The van der Waals surface area contributed by atoms with Crippen LogP contribution in [0.5, 0.6) is 0 Å². The number of carbonyl (C=O) groups is 1. The van der Waals surface area contributed by atoms with Crippen molar-refractivity contribution >= 4 is 5.91 Å². The van der Waals surface area contributed by atoms with Crippen molar-refractivity contribution in [3.8, 4) is 0 Å². The van der Waals surface area contributed by atoms with Crippen LogP contribution in [0.2, 0.25) is 0 Å². The second-order valence-electron chi connectivity index (χ2n) is 6.33. The molecule has 2 nitrogen and oxygen atoms in total. The van der Waals surface area contributed by atoms with Crippen molar-refractivity contribution in [3.63, 3.8) is 0 Å². The van der Waals surface area contributed by atoms with E-state index in [9.17, 15) is 4.79 Å². The Morgan fingerprint density at radius 2 is 1.74 bits per heavy atom. The molecule has 1 amide bonds. The molecule has 0 aromatic carbocycles. The monoisotopic (exact) mass is 265 g/mol. The largest absolute Gasteiger partial charge is 0.350 e. The summed E-state index contributed by atoms with van der Waals surface area (Å²) in [6, 6.07) is 0.412. The number of allylic oxidation sites excluding steroid dienone is 1. The topological polar surface area (TPSA) is 29.1 Å². The standard InChI is InChI=1S/C17H31NO/c1-4-12-17(3,13-5-2)14-11-16(19)18-15-9-7-6-8-10-15/h11,14-15H,4-10,12-13H2,1-3H3,(H,18,19)/b14-11+. The van der Waals surface area contributed by atoms with Gasteiger partial charge in [0.05, 0.1) is 0 Å². The fourth-order valence-electron chi connectivity index (χ4n) is 3.21. The Morgan fingerprint density at radius 3 is 2.26 bits per heavy atom. The van der Waals surface area contributed by atoms with E-state index in [4.69, 9.17) is 0 Å². The van der Waals surface area contributed by atoms with Gasteiger partial charge >= 0.3 is 0 Å². The summed E-state index contributed by atoms with van der Waals surface area (Å²) in [4.78, 5) is 12.0. The van der Waals surface area contributed by atoms with E-state index in [1.807, 2.05) is 0 Å². The summed E-state index contributed by atoms with van der Waals surface area (Å²) >= 11 is 0. The maximum atomic E-state index is 12.0. The Hall–Kier alpha value is -0.790. The summed E-state index contributed by atoms with van der Waals surface area (Å²) in [5.41, 5.74) is 0.188. The predicted octanol–water partition coefficient (Wildman–Crippen LogP) is 4.60. The molecule has 1 rings (SSSR count). The Bertz CT molecular complexity index is 284. The number of amides is 1. The van der Waals surface area contributed by atoms with Crippen molar-refractivity contribution in [1.82, 2.24) is 5.32 Å². The Kier molecular flexibility index (Phi) is 7.19. The van der Waals surface area contributed by atoms with E-state index in [1.54, 1.807) is 6.08 Å². The van der Waals surface area contributed by atoms with Gasteiger partial charge in [0.2, 0.25) is 5.91 Å². The number of hydrogen-bond acceptors (Lipinski definition) is 1. The molecule has 0 aromatic heterocycles. The zero-order chi connectivity index (χ0) is 14.1. The van der Waals surface area contributed by atoms with Crippen LogP contribution < -0.4 is 5.32 Å². The first-order valence-electron chi connectivity index (χ1n) is 8.09. The van der Waals surface area contributed by atoms with Crippen LogP contribution in [0.4, 0.5) is 0 Å². The molecule has 2 heteroatoms. The van der Waals surface area contributed by atoms with Gasteiger partial charge in [0.25, 0.3) is 0 Å². The minimum atomic E-state index is 0.102. The summed E-state index contributed by atoms with van der Waals surface area (Å²) in [6.45, 7) is 6.69. The van der Waals surface area contributed by atoms with Crippen molar-refractivity contribution in [2.24, 2.45) is 5.41 Å². The first kappa shape index (κ1) is 16.3. The first-order chi connectivity index (χ1) is 9.09. The highest BCUT2D eigenvalue weighted by molar-refractivity contribution is 5.87. The maximum absolute atomic E-state index is 12.0. The smallest absolute Gasteiger partial charge is 0.243 e. The molecule has 0 radical (unpaired) electrons. The quantitative estimate of drug-likeness (QED) is 0.670. The van der Waals surface area contributed by atoms with E-state index in [-0.39, 0.29) is 11.3 Å². The van der Waals surface area contributed by atoms with E-state index in [0.717, 1.165) is 25.7 Å². The minimum Gasteiger partial charge on any atom is -0.350 e. The van der Waals surface area contributed by atoms with Gasteiger partial charge in [0.15, 0.2) is 0 Å². The van der Waals surface area contributed by atoms with E-state index >= 15 is 0 Å². The number of rotatable bonds is 7. The van der Waals surface area contributed by atoms with Crippen LogP contribution >= 0.6 is 0 Å². The summed E-state index contributed by atoms with van der Waals surface area (Å²) in [5.74, 6) is 0.102. The number of carbonyl (C=O) groups excluding carboxylic acids is 1. The summed E-state index contributed by atoms with van der Waals surface area (Å²) in [6.07, 6.45) is 14.7. The van der Waals surface area contributed by atoms with Crippen LogP contribution in [0.3, 0.4) is 0 Å². The van der Waals surface area contributed by atoms with Gasteiger partial charge in [-0.3, -0.25) is 4.79 Å². The van der Waals surface area contributed by atoms with Gasteiger partial charge in [0, 0.05) is 6.04 Å². The highest BCUT2D eigenvalue weighted by Gasteiger charge is 2.19. The molecule has 1 saturated carbocycles. The van der Waals surface area contributed by atoms with Crippen molar-refractivity contribution < 1.29 is 4.79 Å². The molecule has 110 valence electrons. The lowest BCUT2D eigenvalue weighted by Gasteiger charge is -2.25. The molecule has 0 heterocycles. The van der Waals surface area contributed by atoms with Crippen molar-refractivity contribution in [2.45, 2.75) is 84.6 Å². The second-order valence-corrected chi connectivity index (χ2v) is 6.33. The molecular formula is C17H31NO. The van der Waals surface area contributed by atoms with Crippen LogP contribution in [-0.2, 0) is 4.79 Å². The van der Waals surface area contributed by atoms with Gasteiger partial charge in [-0.05, 0) is 37.2 Å². The molecule has 1 aliphatic carbocycles. The summed E-state index contributed by atoms with van der Waals surface area (Å²) in [7, 11) is 0. The third kappa shape index (κ3) is 6.26. The molecule has 0 saturated heterocycles. The van der Waals surface area contributed by atoms with Gasteiger partial charge in [0.1, 0.15) is 0 Å². The average molecular weight is 265 g/mol. The van der Waals surface area contributed by atoms with E-state index in [1.165, 1.54) is 32.1 Å². The zero-order valence-electron chi connectivity index (χ0n) is 13.0. The molecule has 0 atom stereocenters. The lowest BCUT2D eigenvalue weighted by molar-refractivity contribution is -0.117. The first-order valence-corrected chi connectivity index (χ1v) is 8.09. The lowest BCUT2D eigenvalue weighted by atomic mass is 9.81. The fourth-order valence-corrected chi connectivity index (χ4v) is 3.21. The van der Waals surface area contributed by atoms with Crippen LogP contribution in [-0.4, -0.2) is 11.9 Å². The van der Waals surface area contributed by atoms with Gasteiger partial charge in [-0.1, -0.05) is 59.0 Å². The van der Waals surface area contributed by atoms with Gasteiger partial charge < -0.3 is 5.32 Å². The molecule has 0 aromatic rings. The molecule has 1 N–H and O–H groups in total. The third-order valence-electron chi connectivity index (χ3n) is 4.23. The molecule has 0 unspecified atom stereocenters. The van der Waals surface area contributed by atoms with Crippen molar-refractivity contribution in [2.75, 3.05) is 0 Å². The van der Waals surface area contributed by atoms with Crippen LogP contribution in [0, 0.1) is 5.41 Å². The van der Waals surface area contributed by atoms with E-state index in [0.29, 0.717) is 6.04 Å². The van der Waals surface area contributed by atoms with Crippen LogP contribution in [0.1, 0.15) is 78.6 Å². The van der Waals surface area contributed by atoms with E-state index < -0.39 is 0 Å². The molecule has 0 aliphatic heterocycles. The van der Waals surface area contributed by atoms with Gasteiger partial charge in [-0.2, -0.15) is 0 Å². The Labute approximate surface area is 119 Å². The molecule has 0 spiro atoms. The van der Waals surface area contributed by atoms with Crippen LogP contribution in [0.15, 0.2) is 12.2 Å². The summed E-state index contributed by atoms with van der Waals surface area (Å²) in [5, 5.41) is 3.15. The molecule has 0 bridgehead atoms. The van der Waals surface area contributed by atoms with Gasteiger partial charge in [-0.25, -0.2) is 0 Å². The number of nitrogens with one attached hydrogen (secondary N) is 1. The molecule has 19 heavy (non-hydrogen) atoms. The number of hydrogen-bond donors (Lipinski definition) is 1.